The van der Waals surface area contributed by atoms with Crippen molar-refractivity contribution < 1.29 is 14.3 Å². The molecule has 4 heteroatoms. The molecule has 4 nitrogen and oxygen atoms in total. The van der Waals surface area contributed by atoms with E-state index in [9.17, 15) is 9.59 Å². The molecule has 0 aromatic heterocycles. The molecule has 20 heavy (non-hydrogen) atoms. The van der Waals surface area contributed by atoms with Crippen LogP contribution < -0.4 is 0 Å². The van der Waals surface area contributed by atoms with Crippen LogP contribution in [0.25, 0.3) is 0 Å². The molecule has 0 saturated heterocycles. The highest BCUT2D eigenvalue weighted by Crippen LogP contribution is 2.27. The first-order chi connectivity index (χ1) is 9.72. The Balaban J connectivity index is 2.16. The summed E-state index contributed by atoms with van der Waals surface area (Å²) in [6, 6.07) is 0. The fourth-order valence-corrected chi connectivity index (χ4v) is 2.22. The van der Waals surface area contributed by atoms with Crippen LogP contribution in [-0.2, 0) is 14.3 Å². The highest BCUT2D eigenvalue weighted by Gasteiger charge is 2.24. The lowest BCUT2D eigenvalue weighted by atomic mass is 9.85. The number of allylic oxidation sites excluding steroid dienone is 7. The van der Waals surface area contributed by atoms with Gasteiger partial charge in [0.2, 0.25) is 0 Å². The van der Waals surface area contributed by atoms with E-state index in [1.54, 1.807) is 19.3 Å². The average Bonchev–Trinajstić information content (AvgIpc) is 2.48. The number of ether oxygens (including phenoxy) is 1. The van der Waals surface area contributed by atoms with Crippen LogP contribution >= 0.6 is 0 Å². The molecule has 1 aliphatic heterocycles. The maximum atomic E-state index is 12.3. The third kappa shape index (κ3) is 3.41. The van der Waals surface area contributed by atoms with E-state index in [1.165, 1.54) is 0 Å². The first-order valence-electron chi connectivity index (χ1n) is 6.66. The second-order valence-electron chi connectivity index (χ2n) is 4.50. The molecule has 104 valence electrons. The second-order valence-corrected chi connectivity index (χ2v) is 4.50. The summed E-state index contributed by atoms with van der Waals surface area (Å²) in [5.74, 6) is -0.983. The van der Waals surface area contributed by atoms with Gasteiger partial charge in [-0.05, 0) is 24.1 Å². The largest absolute Gasteiger partial charge is 0.466 e. The summed E-state index contributed by atoms with van der Waals surface area (Å²) in [5, 5.41) is 0. The van der Waals surface area contributed by atoms with Crippen molar-refractivity contribution in [3.8, 4) is 0 Å². The Bertz CT molecular complexity index is 550. The molecule has 0 aromatic carbocycles. The number of Topliss-reactive ketones (excluding diaryl/α,β-unsaturated/α-hetero) is 1. The van der Waals surface area contributed by atoms with Crippen molar-refractivity contribution in [3.05, 3.63) is 47.7 Å². The summed E-state index contributed by atoms with van der Waals surface area (Å²) in [4.78, 5) is 27.7. The molecule has 1 aliphatic carbocycles. The molecule has 1 unspecified atom stereocenters. The quantitative estimate of drug-likeness (QED) is 0.583. The van der Waals surface area contributed by atoms with Crippen LogP contribution in [0.15, 0.2) is 52.7 Å². The fraction of sp³-hybridized carbons (Fsp3) is 0.312. The van der Waals surface area contributed by atoms with Gasteiger partial charge in [0.1, 0.15) is 6.42 Å². The van der Waals surface area contributed by atoms with Gasteiger partial charge < -0.3 is 4.74 Å². The van der Waals surface area contributed by atoms with Gasteiger partial charge in [0.25, 0.3) is 0 Å². The molecule has 0 fully saturated rings. The average molecular weight is 271 g/mol. The van der Waals surface area contributed by atoms with E-state index >= 15 is 0 Å². The van der Waals surface area contributed by atoms with Crippen LogP contribution in [0.3, 0.4) is 0 Å². The third-order valence-corrected chi connectivity index (χ3v) is 3.15. The molecule has 0 spiro atoms. The second kappa shape index (κ2) is 6.80. The molecular weight excluding hydrogens is 254 g/mol. The molecule has 0 radical (unpaired) electrons. The van der Waals surface area contributed by atoms with Gasteiger partial charge in [0.05, 0.1) is 12.5 Å². The van der Waals surface area contributed by atoms with E-state index in [4.69, 9.17) is 4.74 Å². The lowest BCUT2D eigenvalue weighted by Crippen LogP contribution is -2.21. The Morgan fingerprint density at radius 2 is 2.20 bits per heavy atom. The zero-order valence-corrected chi connectivity index (χ0v) is 11.4. The predicted molar refractivity (Wildman–Crippen MR) is 77.3 cm³/mol. The minimum atomic E-state index is -0.467. The van der Waals surface area contributed by atoms with E-state index in [0.717, 1.165) is 11.1 Å². The summed E-state index contributed by atoms with van der Waals surface area (Å²) < 4.78 is 4.83. The maximum absolute atomic E-state index is 12.3. The number of hydrogen-bond acceptors (Lipinski definition) is 4. The Hall–Kier alpha value is -2.23. The van der Waals surface area contributed by atoms with Gasteiger partial charge in [-0.25, -0.2) is 0 Å². The number of hydrogen-bond donors (Lipinski definition) is 0. The van der Waals surface area contributed by atoms with Crippen molar-refractivity contribution in [1.29, 1.82) is 0 Å². The Morgan fingerprint density at radius 1 is 1.35 bits per heavy atom. The van der Waals surface area contributed by atoms with Crippen LogP contribution in [0, 0.1) is 5.92 Å². The zero-order valence-electron chi connectivity index (χ0n) is 11.4. The smallest absolute Gasteiger partial charge is 0.313 e. The van der Waals surface area contributed by atoms with Crippen molar-refractivity contribution in [2.75, 3.05) is 6.61 Å². The first-order valence-corrected chi connectivity index (χ1v) is 6.66. The molecule has 0 bridgehead atoms. The minimum absolute atomic E-state index is 0.137. The predicted octanol–water partition coefficient (Wildman–Crippen LogP) is 2.54. The molecule has 0 saturated carbocycles. The molecule has 2 rings (SSSR count). The van der Waals surface area contributed by atoms with Crippen LogP contribution in [0.2, 0.25) is 0 Å². The third-order valence-electron chi connectivity index (χ3n) is 3.15. The fourth-order valence-electron chi connectivity index (χ4n) is 2.22. The van der Waals surface area contributed by atoms with E-state index in [-0.39, 0.29) is 18.1 Å². The van der Waals surface area contributed by atoms with Gasteiger partial charge in [0, 0.05) is 18.8 Å². The van der Waals surface area contributed by atoms with Gasteiger partial charge in [-0.2, -0.15) is 0 Å². The normalized spacial score (nSPS) is 23.9. The maximum Gasteiger partial charge on any atom is 0.313 e. The summed E-state index contributed by atoms with van der Waals surface area (Å²) in [7, 11) is 0. The number of aliphatic imine (C=N–C) groups is 1. The number of ketones is 1. The van der Waals surface area contributed by atoms with Crippen molar-refractivity contribution in [2.45, 2.75) is 19.8 Å². The molecule has 2 aliphatic rings. The van der Waals surface area contributed by atoms with Crippen molar-refractivity contribution in [1.82, 2.24) is 0 Å². The van der Waals surface area contributed by atoms with Gasteiger partial charge in [-0.1, -0.05) is 24.3 Å². The molecule has 1 heterocycles. The van der Waals surface area contributed by atoms with Crippen LogP contribution in [0.4, 0.5) is 0 Å². The molecule has 0 N–H and O–H groups in total. The Morgan fingerprint density at radius 3 is 2.90 bits per heavy atom. The number of rotatable bonds is 4. The SMILES string of the molecule is CCOC(=O)CC(=O)C1C=CC=CC1=C1C=CN=CC1. The van der Waals surface area contributed by atoms with Crippen molar-refractivity contribution >= 4 is 18.0 Å². The molecule has 0 aromatic rings. The summed E-state index contributed by atoms with van der Waals surface area (Å²) in [6.45, 7) is 2.02. The molecular formula is C16H17NO3. The molecule has 1 atom stereocenters. The summed E-state index contributed by atoms with van der Waals surface area (Å²) in [6.07, 6.45) is 13.4. The van der Waals surface area contributed by atoms with Gasteiger partial charge in [-0.3, -0.25) is 14.6 Å². The van der Waals surface area contributed by atoms with Crippen LogP contribution in [0.1, 0.15) is 19.8 Å². The minimum Gasteiger partial charge on any atom is -0.466 e. The monoisotopic (exact) mass is 271 g/mol. The topological polar surface area (TPSA) is 55.7 Å². The molecule has 0 amide bonds. The number of carbonyl (C=O) groups is 2. The van der Waals surface area contributed by atoms with Crippen LogP contribution in [-0.4, -0.2) is 24.6 Å². The Labute approximate surface area is 118 Å². The van der Waals surface area contributed by atoms with E-state index in [2.05, 4.69) is 4.99 Å². The summed E-state index contributed by atoms with van der Waals surface area (Å²) >= 11 is 0. The number of carbonyl (C=O) groups excluding carboxylic acids is 2. The lowest BCUT2D eigenvalue weighted by Gasteiger charge is -2.19. The summed E-state index contributed by atoms with van der Waals surface area (Å²) in [5.41, 5.74) is 1.99. The highest BCUT2D eigenvalue weighted by molar-refractivity contribution is 5.99. The van der Waals surface area contributed by atoms with E-state index in [1.807, 2.05) is 30.4 Å². The van der Waals surface area contributed by atoms with Crippen molar-refractivity contribution in [2.24, 2.45) is 10.9 Å². The first kappa shape index (κ1) is 14.2. The van der Waals surface area contributed by atoms with Gasteiger partial charge in [0.15, 0.2) is 5.78 Å². The van der Waals surface area contributed by atoms with Crippen LogP contribution in [0.5, 0.6) is 0 Å². The van der Waals surface area contributed by atoms with E-state index < -0.39 is 5.97 Å². The Kier molecular flexibility index (Phi) is 4.82. The number of esters is 1. The number of nitrogens with zero attached hydrogens (tertiary/aromatic N) is 1. The zero-order chi connectivity index (χ0) is 14.4. The highest BCUT2D eigenvalue weighted by atomic mass is 16.5. The van der Waals surface area contributed by atoms with Gasteiger partial charge >= 0.3 is 5.97 Å². The van der Waals surface area contributed by atoms with Gasteiger partial charge in [-0.15, -0.1) is 0 Å². The van der Waals surface area contributed by atoms with Crippen molar-refractivity contribution in [3.63, 3.8) is 0 Å². The van der Waals surface area contributed by atoms with E-state index in [0.29, 0.717) is 13.0 Å². The lowest BCUT2D eigenvalue weighted by molar-refractivity contribution is -0.145. The standard InChI is InChI=1S/C16H17NO3/c1-2-20-16(19)11-15(18)14-6-4-3-5-13(14)12-7-9-17-10-8-12/h3-7,9-10,14H,2,8,11H2,1H3.